The van der Waals surface area contributed by atoms with Crippen molar-refractivity contribution in [2.24, 2.45) is 0 Å². The highest BCUT2D eigenvalue weighted by Gasteiger charge is 2.25. The molecule has 29 heavy (non-hydrogen) atoms. The maximum absolute atomic E-state index is 13.2. The van der Waals surface area contributed by atoms with Crippen molar-refractivity contribution in [3.05, 3.63) is 64.7 Å². The first-order valence-electron chi connectivity index (χ1n) is 9.55. The Morgan fingerprint density at radius 2 is 2.00 bits per heavy atom. The molecule has 7 nitrogen and oxygen atoms in total. The Labute approximate surface area is 172 Å². The summed E-state index contributed by atoms with van der Waals surface area (Å²) in [6.45, 7) is 4.52. The van der Waals surface area contributed by atoms with Crippen molar-refractivity contribution in [1.29, 1.82) is 0 Å². The predicted molar refractivity (Wildman–Crippen MR) is 112 cm³/mol. The van der Waals surface area contributed by atoms with Gasteiger partial charge in [0.05, 0.1) is 35.9 Å². The molecular formula is C21H22N4O3S. The molecule has 3 aromatic rings. The topological polar surface area (TPSA) is 77.3 Å². The lowest BCUT2D eigenvalue weighted by Gasteiger charge is -2.29. The molecule has 1 aliphatic heterocycles. The van der Waals surface area contributed by atoms with Crippen molar-refractivity contribution < 1.29 is 9.53 Å². The number of carbonyl (C=O) groups is 1. The molecule has 1 aliphatic rings. The molecule has 1 amide bonds. The molecule has 0 saturated carbocycles. The largest absolute Gasteiger partial charge is 0.378 e. The molecule has 1 fully saturated rings. The number of fused-ring (bicyclic) bond motifs is 1. The number of rotatable bonds is 5. The van der Waals surface area contributed by atoms with Crippen molar-refractivity contribution in [2.45, 2.75) is 23.9 Å². The lowest BCUT2D eigenvalue weighted by molar-refractivity contribution is -0.134. The van der Waals surface area contributed by atoms with Crippen LogP contribution in [0.15, 0.2) is 58.7 Å². The summed E-state index contributed by atoms with van der Waals surface area (Å²) in [7, 11) is 0. The standard InChI is InChI=1S/C21H22N4O3S/c1-15(19(26)24-9-11-28-12-10-24)29-21-23-18-7-3-2-6-17(18)20(27)25(21)14-16-5-4-8-22-13-16/h2-8,13,15H,9-12,14H2,1H3. The van der Waals surface area contributed by atoms with Gasteiger partial charge in [-0.3, -0.25) is 19.1 Å². The van der Waals surface area contributed by atoms with E-state index in [0.717, 1.165) is 5.56 Å². The maximum atomic E-state index is 13.2. The van der Waals surface area contributed by atoms with Crippen LogP contribution in [0.1, 0.15) is 12.5 Å². The van der Waals surface area contributed by atoms with Gasteiger partial charge in [-0.1, -0.05) is 30.0 Å². The number of nitrogens with zero attached hydrogens (tertiary/aromatic N) is 4. The van der Waals surface area contributed by atoms with Crippen LogP contribution < -0.4 is 5.56 Å². The van der Waals surface area contributed by atoms with Crippen molar-refractivity contribution >= 4 is 28.6 Å². The highest BCUT2D eigenvalue weighted by molar-refractivity contribution is 8.00. The van der Waals surface area contributed by atoms with Crippen LogP contribution in [0.5, 0.6) is 0 Å². The van der Waals surface area contributed by atoms with Crippen LogP contribution in [0.25, 0.3) is 10.9 Å². The van der Waals surface area contributed by atoms with Crippen molar-refractivity contribution in [3.63, 3.8) is 0 Å². The SMILES string of the molecule is CC(Sc1nc2ccccc2c(=O)n1Cc1cccnc1)C(=O)N1CCOCC1. The highest BCUT2D eigenvalue weighted by atomic mass is 32.2. The summed E-state index contributed by atoms with van der Waals surface area (Å²) >= 11 is 1.32. The van der Waals surface area contributed by atoms with Gasteiger partial charge in [0.1, 0.15) is 0 Å². The third kappa shape index (κ3) is 4.33. The monoisotopic (exact) mass is 410 g/mol. The molecule has 1 aromatic carbocycles. The molecule has 1 saturated heterocycles. The van der Waals surface area contributed by atoms with E-state index >= 15 is 0 Å². The summed E-state index contributed by atoms with van der Waals surface area (Å²) in [5, 5.41) is 0.737. The number of carbonyl (C=O) groups excluding carboxylic acids is 1. The second kappa shape index (κ2) is 8.75. The van der Waals surface area contributed by atoms with Gasteiger partial charge in [-0.2, -0.15) is 0 Å². The zero-order chi connectivity index (χ0) is 20.2. The molecule has 0 N–H and O–H groups in total. The molecule has 150 valence electrons. The van der Waals surface area contributed by atoms with Crippen LogP contribution in [0.3, 0.4) is 0 Å². The number of thioether (sulfide) groups is 1. The van der Waals surface area contributed by atoms with Crippen molar-refractivity contribution in [2.75, 3.05) is 26.3 Å². The predicted octanol–water partition coefficient (Wildman–Crippen LogP) is 2.18. The minimum Gasteiger partial charge on any atom is -0.378 e. The van der Waals surface area contributed by atoms with Crippen LogP contribution in [-0.4, -0.2) is 56.9 Å². The maximum Gasteiger partial charge on any atom is 0.262 e. The molecule has 2 aromatic heterocycles. The first-order chi connectivity index (χ1) is 14.1. The Balaban J connectivity index is 1.68. The molecule has 0 bridgehead atoms. The molecule has 0 aliphatic carbocycles. The lowest BCUT2D eigenvalue weighted by atomic mass is 10.2. The molecule has 1 atom stereocenters. The zero-order valence-electron chi connectivity index (χ0n) is 16.2. The molecule has 4 rings (SSSR count). The fraction of sp³-hybridized carbons (Fsp3) is 0.333. The van der Waals surface area contributed by atoms with Gasteiger partial charge in [0.2, 0.25) is 5.91 Å². The second-order valence-corrected chi connectivity index (χ2v) is 8.17. The van der Waals surface area contributed by atoms with E-state index in [1.54, 1.807) is 23.0 Å². The Morgan fingerprint density at radius 3 is 2.76 bits per heavy atom. The van der Waals surface area contributed by atoms with Gasteiger partial charge in [0.15, 0.2) is 5.16 Å². The summed E-state index contributed by atoms with van der Waals surface area (Å²) < 4.78 is 6.96. The fourth-order valence-electron chi connectivity index (χ4n) is 3.30. The third-order valence-corrected chi connectivity index (χ3v) is 5.92. The van der Waals surface area contributed by atoms with Gasteiger partial charge in [-0.05, 0) is 30.7 Å². The number of benzene rings is 1. The third-order valence-electron chi connectivity index (χ3n) is 4.84. The van der Waals surface area contributed by atoms with E-state index in [-0.39, 0.29) is 16.7 Å². The van der Waals surface area contributed by atoms with E-state index < -0.39 is 0 Å². The summed E-state index contributed by atoms with van der Waals surface area (Å²) in [6.07, 6.45) is 3.43. The molecule has 1 unspecified atom stereocenters. The van der Waals surface area contributed by atoms with E-state index in [4.69, 9.17) is 9.72 Å². The van der Waals surface area contributed by atoms with Crippen LogP contribution >= 0.6 is 11.8 Å². The van der Waals surface area contributed by atoms with Crippen LogP contribution in [0, 0.1) is 0 Å². The summed E-state index contributed by atoms with van der Waals surface area (Å²) in [5.41, 5.74) is 1.42. The average Bonchev–Trinajstić information content (AvgIpc) is 2.77. The van der Waals surface area contributed by atoms with Gasteiger partial charge in [0, 0.05) is 25.5 Å². The average molecular weight is 410 g/mol. The van der Waals surface area contributed by atoms with Gasteiger partial charge in [0.25, 0.3) is 5.56 Å². The van der Waals surface area contributed by atoms with Crippen LogP contribution in [0.2, 0.25) is 0 Å². The number of ether oxygens (including phenoxy) is 1. The minimum atomic E-state index is -0.360. The number of amides is 1. The van der Waals surface area contributed by atoms with E-state index in [9.17, 15) is 9.59 Å². The highest BCUT2D eigenvalue weighted by Crippen LogP contribution is 2.24. The first kappa shape index (κ1) is 19.6. The Morgan fingerprint density at radius 1 is 1.21 bits per heavy atom. The smallest absolute Gasteiger partial charge is 0.262 e. The van der Waals surface area contributed by atoms with Crippen molar-refractivity contribution in [3.8, 4) is 0 Å². The summed E-state index contributed by atoms with van der Waals surface area (Å²) in [6, 6.07) is 11.1. The Kier molecular flexibility index (Phi) is 5.92. The normalized spacial score (nSPS) is 15.4. The van der Waals surface area contributed by atoms with Crippen LogP contribution in [-0.2, 0) is 16.1 Å². The molecule has 0 spiro atoms. The Bertz CT molecular complexity index is 1060. The number of aromatic nitrogens is 3. The molecule has 0 radical (unpaired) electrons. The molecular weight excluding hydrogens is 388 g/mol. The minimum absolute atomic E-state index is 0.0358. The van der Waals surface area contributed by atoms with E-state index in [2.05, 4.69) is 4.98 Å². The number of hydrogen-bond acceptors (Lipinski definition) is 6. The fourth-order valence-corrected chi connectivity index (χ4v) is 4.29. The number of pyridine rings is 1. The Hall–Kier alpha value is -2.71. The van der Waals surface area contributed by atoms with E-state index in [1.165, 1.54) is 11.8 Å². The molecule has 3 heterocycles. The van der Waals surface area contributed by atoms with Gasteiger partial charge in [-0.15, -0.1) is 0 Å². The van der Waals surface area contributed by atoms with Crippen LogP contribution in [0.4, 0.5) is 0 Å². The lowest BCUT2D eigenvalue weighted by Crippen LogP contribution is -2.44. The summed E-state index contributed by atoms with van der Waals surface area (Å²) in [5.74, 6) is 0.0358. The number of para-hydroxylation sites is 1. The van der Waals surface area contributed by atoms with E-state index in [1.807, 2.05) is 42.2 Å². The number of morpholine rings is 1. The quantitative estimate of drug-likeness (QED) is 0.474. The summed E-state index contributed by atoms with van der Waals surface area (Å²) in [4.78, 5) is 36.7. The van der Waals surface area contributed by atoms with E-state index in [0.29, 0.717) is 48.9 Å². The second-order valence-electron chi connectivity index (χ2n) is 6.86. The first-order valence-corrected chi connectivity index (χ1v) is 10.4. The van der Waals surface area contributed by atoms with Gasteiger partial charge in [-0.25, -0.2) is 4.98 Å². The number of hydrogen-bond donors (Lipinski definition) is 0. The van der Waals surface area contributed by atoms with Gasteiger partial charge < -0.3 is 9.64 Å². The van der Waals surface area contributed by atoms with Crippen molar-refractivity contribution in [1.82, 2.24) is 19.4 Å². The zero-order valence-corrected chi connectivity index (χ0v) is 17.0. The van der Waals surface area contributed by atoms with Gasteiger partial charge >= 0.3 is 0 Å². The molecule has 8 heteroatoms.